The van der Waals surface area contributed by atoms with E-state index in [-0.39, 0.29) is 0 Å². The molecule has 0 spiro atoms. The number of hydrogen-bond acceptors (Lipinski definition) is 4. The van der Waals surface area contributed by atoms with Crippen LogP contribution in [0.3, 0.4) is 0 Å². The van der Waals surface area contributed by atoms with E-state index in [1.807, 2.05) is 48.5 Å². The van der Waals surface area contributed by atoms with Crippen LogP contribution in [-0.4, -0.2) is 17.1 Å². The van der Waals surface area contributed by atoms with Crippen LogP contribution in [0.25, 0.3) is 11.3 Å². The van der Waals surface area contributed by atoms with E-state index >= 15 is 0 Å². The van der Waals surface area contributed by atoms with Gasteiger partial charge in [0.05, 0.1) is 19.0 Å². The van der Waals surface area contributed by atoms with Crippen molar-refractivity contribution in [3.63, 3.8) is 0 Å². The molecule has 0 aliphatic heterocycles. The lowest BCUT2D eigenvalue weighted by atomic mass is 10.1. The van der Waals surface area contributed by atoms with Gasteiger partial charge in [-0.05, 0) is 48.5 Å². The topological polar surface area (TPSA) is 44.2 Å². The number of nitrogens with zero attached hydrogens (tertiary/aromatic N) is 2. The average molecular weight is 278 g/mol. The van der Waals surface area contributed by atoms with Gasteiger partial charge in [-0.25, -0.2) is 0 Å². The van der Waals surface area contributed by atoms with Crippen molar-refractivity contribution in [1.82, 2.24) is 9.97 Å². The molecule has 104 valence electrons. The average Bonchev–Trinajstić information content (AvgIpc) is 2.57. The van der Waals surface area contributed by atoms with Crippen molar-refractivity contribution in [2.45, 2.75) is 0 Å². The molecule has 3 rings (SSSR count). The molecule has 0 saturated carbocycles. The minimum absolute atomic E-state index is 0.767. The number of ether oxygens (including phenoxy) is 2. The Morgan fingerprint density at radius 1 is 0.762 bits per heavy atom. The SMILES string of the molecule is COc1ccc(Oc2ccc(-c3cnccn3)cc2)cc1. The van der Waals surface area contributed by atoms with E-state index < -0.39 is 0 Å². The molecule has 1 aromatic heterocycles. The van der Waals surface area contributed by atoms with E-state index in [4.69, 9.17) is 9.47 Å². The van der Waals surface area contributed by atoms with Gasteiger partial charge in [0.25, 0.3) is 0 Å². The quantitative estimate of drug-likeness (QED) is 0.725. The third kappa shape index (κ3) is 3.17. The number of benzene rings is 2. The highest BCUT2D eigenvalue weighted by Gasteiger charge is 2.01. The van der Waals surface area contributed by atoms with Gasteiger partial charge < -0.3 is 9.47 Å². The van der Waals surface area contributed by atoms with Crippen LogP contribution in [0.1, 0.15) is 0 Å². The standard InChI is InChI=1S/C17H14N2O2/c1-20-14-6-8-16(9-7-14)21-15-4-2-13(3-5-15)17-12-18-10-11-19-17/h2-12H,1H3. The Morgan fingerprint density at radius 2 is 1.38 bits per heavy atom. The molecule has 21 heavy (non-hydrogen) atoms. The summed E-state index contributed by atoms with van der Waals surface area (Å²) in [5, 5.41) is 0. The molecular weight excluding hydrogens is 264 g/mol. The number of aromatic nitrogens is 2. The fraction of sp³-hybridized carbons (Fsp3) is 0.0588. The number of hydrogen-bond donors (Lipinski definition) is 0. The van der Waals surface area contributed by atoms with Crippen LogP contribution in [0.15, 0.2) is 67.1 Å². The molecule has 0 aliphatic rings. The lowest BCUT2D eigenvalue weighted by Crippen LogP contribution is -1.87. The maximum atomic E-state index is 5.78. The normalized spacial score (nSPS) is 10.1. The highest BCUT2D eigenvalue weighted by molar-refractivity contribution is 5.59. The van der Waals surface area contributed by atoms with Crippen LogP contribution in [0, 0.1) is 0 Å². The molecule has 0 saturated heterocycles. The second kappa shape index (κ2) is 6.05. The molecule has 0 atom stereocenters. The van der Waals surface area contributed by atoms with Crippen molar-refractivity contribution in [3.05, 3.63) is 67.1 Å². The Balaban J connectivity index is 1.75. The van der Waals surface area contributed by atoms with Gasteiger partial charge in [0.2, 0.25) is 0 Å². The summed E-state index contributed by atoms with van der Waals surface area (Å²) in [7, 11) is 1.64. The summed E-state index contributed by atoms with van der Waals surface area (Å²) in [5.41, 5.74) is 1.85. The Kier molecular flexibility index (Phi) is 3.78. The minimum atomic E-state index is 0.767. The van der Waals surface area contributed by atoms with Crippen LogP contribution < -0.4 is 9.47 Å². The van der Waals surface area contributed by atoms with Crippen LogP contribution >= 0.6 is 0 Å². The Labute approximate surface area is 123 Å². The summed E-state index contributed by atoms with van der Waals surface area (Å²) in [6.07, 6.45) is 5.07. The zero-order chi connectivity index (χ0) is 14.5. The lowest BCUT2D eigenvalue weighted by Gasteiger charge is -2.07. The highest BCUT2D eigenvalue weighted by Crippen LogP contribution is 2.25. The molecule has 1 heterocycles. The van der Waals surface area contributed by atoms with Gasteiger partial charge in [0.1, 0.15) is 17.2 Å². The summed E-state index contributed by atoms with van der Waals surface area (Å²) in [6.45, 7) is 0. The molecule has 4 heteroatoms. The van der Waals surface area contributed by atoms with Crippen LogP contribution in [-0.2, 0) is 0 Å². The van der Waals surface area contributed by atoms with Crippen molar-refractivity contribution in [3.8, 4) is 28.5 Å². The first-order valence-electron chi connectivity index (χ1n) is 6.53. The van der Waals surface area contributed by atoms with Crippen molar-refractivity contribution in [2.24, 2.45) is 0 Å². The molecule has 3 aromatic rings. The van der Waals surface area contributed by atoms with E-state index in [1.165, 1.54) is 0 Å². The van der Waals surface area contributed by atoms with Gasteiger partial charge in [-0.1, -0.05) is 0 Å². The maximum absolute atomic E-state index is 5.78. The monoisotopic (exact) mass is 278 g/mol. The van der Waals surface area contributed by atoms with Gasteiger partial charge >= 0.3 is 0 Å². The summed E-state index contributed by atoms with van der Waals surface area (Å²) in [4.78, 5) is 8.33. The molecule has 0 aliphatic carbocycles. The first-order chi connectivity index (χ1) is 10.3. The van der Waals surface area contributed by atoms with E-state index in [1.54, 1.807) is 25.7 Å². The molecule has 2 aromatic carbocycles. The summed E-state index contributed by atoms with van der Waals surface area (Å²) in [5.74, 6) is 2.34. The fourth-order valence-electron chi connectivity index (χ4n) is 1.92. The van der Waals surface area contributed by atoms with E-state index in [2.05, 4.69) is 9.97 Å². The van der Waals surface area contributed by atoms with Crippen molar-refractivity contribution < 1.29 is 9.47 Å². The van der Waals surface area contributed by atoms with Crippen LogP contribution in [0.4, 0.5) is 0 Å². The number of methoxy groups -OCH3 is 1. The molecule has 4 nitrogen and oxygen atoms in total. The predicted molar refractivity (Wildman–Crippen MR) is 80.5 cm³/mol. The van der Waals surface area contributed by atoms with Gasteiger partial charge in [-0.3, -0.25) is 9.97 Å². The second-order valence-electron chi connectivity index (χ2n) is 4.39. The van der Waals surface area contributed by atoms with Crippen LogP contribution in [0.2, 0.25) is 0 Å². The molecule has 0 amide bonds. The first-order valence-corrected chi connectivity index (χ1v) is 6.53. The van der Waals surface area contributed by atoms with Gasteiger partial charge in [-0.15, -0.1) is 0 Å². The van der Waals surface area contributed by atoms with Crippen molar-refractivity contribution in [1.29, 1.82) is 0 Å². The molecule has 0 radical (unpaired) electrons. The maximum Gasteiger partial charge on any atom is 0.127 e. The minimum Gasteiger partial charge on any atom is -0.497 e. The molecule has 0 N–H and O–H groups in total. The summed E-state index contributed by atoms with van der Waals surface area (Å²) >= 11 is 0. The lowest BCUT2D eigenvalue weighted by molar-refractivity contribution is 0.413. The zero-order valence-electron chi connectivity index (χ0n) is 11.6. The highest BCUT2D eigenvalue weighted by atomic mass is 16.5. The van der Waals surface area contributed by atoms with Crippen molar-refractivity contribution >= 4 is 0 Å². The fourth-order valence-corrected chi connectivity index (χ4v) is 1.92. The third-order valence-corrected chi connectivity index (χ3v) is 3.01. The number of rotatable bonds is 4. The Bertz CT molecular complexity index is 695. The zero-order valence-corrected chi connectivity index (χ0v) is 11.6. The molecular formula is C17H14N2O2. The van der Waals surface area contributed by atoms with E-state index in [0.29, 0.717) is 0 Å². The van der Waals surface area contributed by atoms with Gasteiger partial charge in [0.15, 0.2) is 0 Å². The summed E-state index contributed by atoms with van der Waals surface area (Å²) in [6, 6.07) is 15.2. The molecule has 0 fully saturated rings. The van der Waals surface area contributed by atoms with E-state index in [9.17, 15) is 0 Å². The smallest absolute Gasteiger partial charge is 0.127 e. The third-order valence-electron chi connectivity index (χ3n) is 3.01. The Hall–Kier alpha value is -2.88. The summed E-state index contributed by atoms with van der Waals surface area (Å²) < 4.78 is 10.9. The van der Waals surface area contributed by atoms with Gasteiger partial charge in [-0.2, -0.15) is 0 Å². The molecule has 0 unspecified atom stereocenters. The van der Waals surface area contributed by atoms with Gasteiger partial charge in [0, 0.05) is 18.0 Å². The largest absolute Gasteiger partial charge is 0.497 e. The van der Waals surface area contributed by atoms with E-state index in [0.717, 1.165) is 28.5 Å². The van der Waals surface area contributed by atoms with Crippen molar-refractivity contribution in [2.75, 3.05) is 7.11 Å². The van der Waals surface area contributed by atoms with Crippen LogP contribution in [0.5, 0.6) is 17.2 Å². The first kappa shape index (κ1) is 13.1. The predicted octanol–water partition coefficient (Wildman–Crippen LogP) is 3.94. The Morgan fingerprint density at radius 3 is 1.95 bits per heavy atom. The second-order valence-corrected chi connectivity index (χ2v) is 4.39. The molecule has 0 bridgehead atoms.